The molecule has 0 atom stereocenters. The Hall–Kier alpha value is -0.890. The zero-order valence-electron chi connectivity index (χ0n) is 16.8. The summed E-state index contributed by atoms with van der Waals surface area (Å²) in [4.78, 5) is 17.9. The molecule has 3 fully saturated rings. The highest BCUT2D eigenvalue weighted by atomic mass is 16.6. The van der Waals surface area contributed by atoms with E-state index in [9.17, 15) is 4.79 Å². The molecule has 1 N–H and O–H groups in total. The third kappa shape index (κ3) is 8.20. The summed E-state index contributed by atoms with van der Waals surface area (Å²) in [6.07, 6.45) is 6.45. The second-order valence-electron chi connectivity index (χ2n) is 7.54. The van der Waals surface area contributed by atoms with Crippen molar-refractivity contribution in [2.75, 3.05) is 79.7 Å². The van der Waals surface area contributed by atoms with E-state index < -0.39 is 0 Å². The highest BCUT2D eigenvalue weighted by Gasteiger charge is 2.25. The van der Waals surface area contributed by atoms with Crippen LogP contribution in [0, 0.1) is 0 Å². The Morgan fingerprint density at radius 3 is 2.23 bits per heavy atom. The third-order valence-electron chi connectivity index (χ3n) is 5.31. The molecule has 0 radical (unpaired) electrons. The molecule has 3 rings (SSSR count). The fourth-order valence-electron chi connectivity index (χ4n) is 3.70. The summed E-state index contributed by atoms with van der Waals surface area (Å²) in [5.41, 5.74) is 0. The van der Waals surface area contributed by atoms with Gasteiger partial charge in [-0.1, -0.05) is 6.42 Å². The zero-order chi connectivity index (χ0) is 18.6. The van der Waals surface area contributed by atoms with Crippen LogP contribution in [0.25, 0.3) is 0 Å². The topological polar surface area (TPSA) is 57.3 Å². The molecule has 0 aliphatic carbocycles. The minimum Gasteiger partial charge on any atom is -0.448 e. The summed E-state index contributed by atoms with van der Waals surface area (Å²) in [5, 5.41) is 3.16. The molecule has 1 amide bonds. The standard InChI is InChI=1S/C15H29N3O2.C4H9NO/c1-16(2)15(19)20-13-12-17-10-6-14(7-11-17)18-8-4-3-5-9-18;1-3-6-4-2-5-1/h14H,3-13H2,1-2H3;5H,1-4H2. The van der Waals surface area contributed by atoms with E-state index in [-0.39, 0.29) is 6.09 Å². The Morgan fingerprint density at radius 2 is 1.73 bits per heavy atom. The Labute approximate surface area is 159 Å². The number of nitrogens with one attached hydrogen (secondary N) is 1. The van der Waals surface area contributed by atoms with Crippen LogP contribution >= 0.6 is 0 Å². The van der Waals surface area contributed by atoms with Crippen LogP contribution in [-0.4, -0.2) is 107 Å². The summed E-state index contributed by atoms with van der Waals surface area (Å²) < 4.78 is 10.2. The molecule has 7 heteroatoms. The number of carbonyl (C=O) groups excluding carboxylic acids is 1. The first-order valence-corrected chi connectivity index (χ1v) is 10.3. The molecule has 0 spiro atoms. The van der Waals surface area contributed by atoms with E-state index in [0.29, 0.717) is 6.61 Å². The molecular weight excluding hydrogens is 332 g/mol. The predicted molar refractivity (Wildman–Crippen MR) is 104 cm³/mol. The van der Waals surface area contributed by atoms with Gasteiger partial charge in [-0.15, -0.1) is 0 Å². The van der Waals surface area contributed by atoms with Gasteiger partial charge in [0.15, 0.2) is 0 Å². The van der Waals surface area contributed by atoms with Crippen LogP contribution in [0.3, 0.4) is 0 Å². The lowest BCUT2D eigenvalue weighted by Crippen LogP contribution is -2.47. The van der Waals surface area contributed by atoms with E-state index in [1.54, 1.807) is 14.1 Å². The number of amides is 1. The van der Waals surface area contributed by atoms with E-state index in [1.165, 1.54) is 50.1 Å². The molecule has 3 aliphatic heterocycles. The molecule has 3 heterocycles. The van der Waals surface area contributed by atoms with Gasteiger partial charge in [-0.25, -0.2) is 4.79 Å². The maximum Gasteiger partial charge on any atom is 0.409 e. The van der Waals surface area contributed by atoms with Crippen LogP contribution in [0.5, 0.6) is 0 Å². The highest BCUT2D eigenvalue weighted by molar-refractivity contribution is 5.66. The van der Waals surface area contributed by atoms with Gasteiger partial charge in [-0.05, 0) is 51.9 Å². The summed E-state index contributed by atoms with van der Waals surface area (Å²) in [6.45, 7) is 10.1. The lowest BCUT2D eigenvalue weighted by molar-refractivity contribution is 0.0710. The second kappa shape index (κ2) is 12.5. The number of carbonyl (C=O) groups is 1. The van der Waals surface area contributed by atoms with Gasteiger partial charge >= 0.3 is 6.09 Å². The van der Waals surface area contributed by atoms with Gasteiger partial charge in [0.1, 0.15) is 6.61 Å². The molecule has 7 nitrogen and oxygen atoms in total. The minimum atomic E-state index is -0.242. The predicted octanol–water partition coefficient (Wildman–Crippen LogP) is 1.24. The monoisotopic (exact) mass is 370 g/mol. The number of piperidine rings is 2. The second-order valence-corrected chi connectivity index (χ2v) is 7.54. The minimum absolute atomic E-state index is 0.242. The molecular formula is C19H38N4O3. The van der Waals surface area contributed by atoms with Crippen LogP contribution in [-0.2, 0) is 9.47 Å². The summed E-state index contributed by atoms with van der Waals surface area (Å²) >= 11 is 0. The van der Waals surface area contributed by atoms with Crippen LogP contribution < -0.4 is 5.32 Å². The van der Waals surface area contributed by atoms with E-state index in [1.807, 2.05) is 0 Å². The first-order valence-electron chi connectivity index (χ1n) is 10.3. The maximum absolute atomic E-state index is 11.3. The van der Waals surface area contributed by atoms with E-state index >= 15 is 0 Å². The first kappa shape index (κ1) is 21.4. The van der Waals surface area contributed by atoms with E-state index in [2.05, 4.69) is 15.1 Å². The highest BCUT2D eigenvalue weighted by Crippen LogP contribution is 2.20. The van der Waals surface area contributed by atoms with Gasteiger partial charge in [0.05, 0.1) is 13.2 Å². The first-order chi connectivity index (χ1) is 12.7. The number of ether oxygens (including phenoxy) is 2. The summed E-state index contributed by atoms with van der Waals surface area (Å²) in [5.74, 6) is 0. The van der Waals surface area contributed by atoms with Crippen LogP contribution in [0.15, 0.2) is 0 Å². The van der Waals surface area contributed by atoms with Crippen molar-refractivity contribution >= 4 is 6.09 Å². The molecule has 26 heavy (non-hydrogen) atoms. The van der Waals surface area contributed by atoms with Gasteiger partial charge in [0.2, 0.25) is 0 Å². The molecule has 0 saturated carbocycles. The van der Waals surface area contributed by atoms with Gasteiger partial charge in [-0.2, -0.15) is 0 Å². The lowest BCUT2D eigenvalue weighted by atomic mass is 10.00. The molecule has 0 aromatic heterocycles. The van der Waals surface area contributed by atoms with Crippen molar-refractivity contribution in [2.45, 2.75) is 38.1 Å². The molecule has 0 bridgehead atoms. The number of rotatable bonds is 4. The Kier molecular flexibility index (Phi) is 10.3. The quantitative estimate of drug-likeness (QED) is 0.804. The van der Waals surface area contributed by atoms with Crippen molar-refractivity contribution in [2.24, 2.45) is 0 Å². The fraction of sp³-hybridized carbons (Fsp3) is 0.947. The largest absolute Gasteiger partial charge is 0.448 e. The van der Waals surface area contributed by atoms with Crippen LogP contribution in [0.1, 0.15) is 32.1 Å². The van der Waals surface area contributed by atoms with Crippen molar-refractivity contribution in [3.05, 3.63) is 0 Å². The molecule has 3 aliphatic rings. The lowest BCUT2D eigenvalue weighted by Gasteiger charge is -2.40. The third-order valence-corrected chi connectivity index (χ3v) is 5.31. The van der Waals surface area contributed by atoms with E-state index in [4.69, 9.17) is 9.47 Å². The molecule has 0 unspecified atom stereocenters. The van der Waals surface area contributed by atoms with Crippen molar-refractivity contribution in [1.82, 2.24) is 20.0 Å². The molecule has 3 saturated heterocycles. The van der Waals surface area contributed by atoms with Crippen molar-refractivity contribution in [1.29, 1.82) is 0 Å². The molecule has 0 aromatic carbocycles. The number of hydrogen-bond donors (Lipinski definition) is 1. The van der Waals surface area contributed by atoms with Gasteiger partial charge in [-0.3, -0.25) is 4.90 Å². The van der Waals surface area contributed by atoms with Crippen LogP contribution in [0.2, 0.25) is 0 Å². The average Bonchev–Trinajstić information content (AvgIpc) is 2.71. The average molecular weight is 371 g/mol. The Bertz CT molecular complexity index is 365. The normalized spacial score (nSPS) is 23.0. The summed E-state index contributed by atoms with van der Waals surface area (Å²) in [7, 11) is 3.43. The van der Waals surface area contributed by atoms with E-state index in [0.717, 1.165) is 52.0 Å². The van der Waals surface area contributed by atoms with Gasteiger partial charge in [0.25, 0.3) is 0 Å². The van der Waals surface area contributed by atoms with Gasteiger partial charge < -0.3 is 24.6 Å². The summed E-state index contributed by atoms with van der Waals surface area (Å²) in [6, 6.07) is 0.788. The molecule has 152 valence electrons. The smallest absolute Gasteiger partial charge is 0.409 e. The SMILES string of the molecule is C1COCCN1.CN(C)C(=O)OCCN1CCC(N2CCCCC2)CC1. The number of morpholine rings is 1. The molecule has 0 aromatic rings. The number of likely N-dealkylation sites (tertiary alicyclic amines) is 2. The van der Waals surface area contributed by atoms with Gasteiger partial charge in [0, 0.05) is 39.8 Å². The Morgan fingerprint density at radius 1 is 1.08 bits per heavy atom. The number of hydrogen-bond acceptors (Lipinski definition) is 6. The zero-order valence-corrected chi connectivity index (χ0v) is 16.8. The Balaban J connectivity index is 0.000000342. The maximum atomic E-state index is 11.3. The van der Waals surface area contributed by atoms with Crippen molar-refractivity contribution in [3.63, 3.8) is 0 Å². The number of nitrogens with zero attached hydrogens (tertiary/aromatic N) is 3. The van der Waals surface area contributed by atoms with Crippen molar-refractivity contribution in [3.8, 4) is 0 Å². The van der Waals surface area contributed by atoms with Crippen LogP contribution in [0.4, 0.5) is 4.79 Å². The fourth-order valence-corrected chi connectivity index (χ4v) is 3.70. The van der Waals surface area contributed by atoms with Crippen molar-refractivity contribution < 1.29 is 14.3 Å².